The third-order valence-electron chi connectivity index (χ3n) is 4.67. The van der Waals surface area contributed by atoms with Crippen LogP contribution in [0, 0.1) is 11.3 Å². The summed E-state index contributed by atoms with van der Waals surface area (Å²) in [5.74, 6) is -0.410. The molecule has 0 aliphatic rings. The molecule has 0 spiro atoms. The van der Waals surface area contributed by atoms with Gasteiger partial charge in [-0.25, -0.2) is 9.78 Å². The van der Waals surface area contributed by atoms with Gasteiger partial charge in [-0.3, -0.25) is 0 Å². The molecule has 0 bridgehead atoms. The molecule has 0 aliphatic heterocycles. The summed E-state index contributed by atoms with van der Waals surface area (Å²) in [5.41, 5.74) is 3.29. The number of nitriles is 1. The lowest BCUT2D eigenvalue weighted by Crippen LogP contribution is -2.13. The van der Waals surface area contributed by atoms with Crippen LogP contribution in [0.1, 0.15) is 47.2 Å². The number of carboxylic acid groups (broad SMARTS) is 1. The molecule has 2 aromatic carbocycles. The molecule has 29 heavy (non-hydrogen) atoms. The molecule has 0 radical (unpaired) electrons. The van der Waals surface area contributed by atoms with E-state index < -0.39 is 5.97 Å². The Bertz CT molecular complexity index is 1080. The predicted octanol–water partition coefficient (Wildman–Crippen LogP) is 5.93. The van der Waals surface area contributed by atoms with E-state index >= 15 is 0 Å². The second-order valence-electron chi connectivity index (χ2n) is 6.66. The Morgan fingerprint density at radius 2 is 2.00 bits per heavy atom. The molecule has 3 rings (SSSR count). The van der Waals surface area contributed by atoms with Gasteiger partial charge >= 0.3 is 5.97 Å². The molecule has 0 saturated carbocycles. The topological polar surface area (TPSA) is 78.9 Å². The van der Waals surface area contributed by atoms with Crippen LogP contribution in [0.3, 0.4) is 0 Å². The minimum atomic E-state index is -1.09. The van der Waals surface area contributed by atoms with E-state index in [-0.39, 0.29) is 10.8 Å². The molecule has 148 valence electrons. The Morgan fingerprint density at radius 3 is 2.62 bits per heavy atom. The third-order valence-corrected chi connectivity index (χ3v) is 5.43. The van der Waals surface area contributed by atoms with Gasteiger partial charge in [0.15, 0.2) is 10.8 Å². The molecule has 1 N–H and O–H groups in total. The predicted molar refractivity (Wildman–Crippen MR) is 116 cm³/mol. The number of hydrogen-bond acceptors (Lipinski definition) is 3. The number of carboxylic acids is 1. The van der Waals surface area contributed by atoms with Crippen molar-refractivity contribution in [3.63, 3.8) is 0 Å². The van der Waals surface area contributed by atoms with Gasteiger partial charge in [-0.15, -0.1) is 0 Å². The quantitative estimate of drug-likeness (QED) is 0.462. The van der Waals surface area contributed by atoms with Crippen molar-refractivity contribution < 1.29 is 9.90 Å². The summed E-state index contributed by atoms with van der Waals surface area (Å²) >= 11 is 9.54. The van der Waals surface area contributed by atoms with Crippen molar-refractivity contribution in [1.82, 2.24) is 9.55 Å². The molecule has 0 unspecified atom stereocenters. The number of hydrogen-bond donors (Lipinski definition) is 1. The fourth-order valence-electron chi connectivity index (χ4n) is 3.19. The Labute approximate surface area is 182 Å². The lowest BCUT2D eigenvalue weighted by atomic mass is 9.99. The summed E-state index contributed by atoms with van der Waals surface area (Å²) in [7, 11) is 0. The summed E-state index contributed by atoms with van der Waals surface area (Å²) in [6, 6.07) is 15.5. The maximum Gasteiger partial charge on any atom is 0.355 e. The van der Waals surface area contributed by atoms with Crippen molar-refractivity contribution in [2.45, 2.75) is 32.7 Å². The third kappa shape index (κ3) is 4.69. The van der Waals surface area contributed by atoms with E-state index in [1.165, 1.54) is 0 Å². The van der Waals surface area contributed by atoms with E-state index in [0.717, 1.165) is 34.0 Å². The van der Waals surface area contributed by atoms with Crippen molar-refractivity contribution in [1.29, 1.82) is 5.26 Å². The van der Waals surface area contributed by atoms with Crippen molar-refractivity contribution in [3.8, 4) is 17.2 Å². The van der Waals surface area contributed by atoms with E-state index in [0.29, 0.717) is 24.4 Å². The smallest absolute Gasteiger partial charge is 0.355 e. The van der Waals surface area contributed by atoms with Gasteiger partial charge in [0.1, 0.15) is 5.82 Å². The van der Waals surface area contributed by atoms with Crippen LogP contribution in [-0.2, 0) is 13.0 Å². The Hall–Kier alpha value is -2.62. The van der Waals surface area contributed by atoms with E-state index in [1.807, 2.05) is 36.4 Å². The SMILES string of the molecule is CCCCc1nc(Cl)c(C(=O)O)n1Cc1ccc(-c2cc(Br)ccc2C#N)cc1. The van der Waals surface area contributed by atoms with E-state index in [2.05, 4.69) is 33.9 Å². The molecule has 0 saturated heterocycles. The molecule has 0 fully saturated rings. The molecule has 7 heteroatoms. The van der Waals surface area contributed by atoms with Crippen molar-refractivity contribution in [2.24, 2.45) is 0 Å². The van der Waals surface area contributed by atoms with Crippen LogP contribution in [0.5, 0.6) is 0 Å². The maximum absolute atomic E-state index is 11.7. The fourth-order valence-corrected chi connectivity index (χ4v) is 3.83. The Morgan fingerprint density at radius 1 is 1.28 bits per heavy atom. The molecule has 0 amide bonds. The molecular weight excluding hydrogens is 454 g/mol. The highest BCUT2D eigenvalue weighted by Crippen LogP contribution is 2.28. The van der Waals surface area contributed by atoms with Gasteiger partial charge in [-0.2, -0.15) is 5.26 Å². The van der Waals surface area contributed by atoms with Crippen LogP contribution in [-0.4, -0.2) is 20.6 Å². The zero-order valence-corrected chi connectivity index (χ0v) is 18.2. The van der Waals surface area contributed by atoms with E-state index in [4.69, 9.17) is 11.6 Å². The number of carbonyl (C=O) groups is 1. The van der Waals surface area contributed by atoms with Gasteiger partial charge in [-0.1, -0.05) is 65.1 Å². The Kier molecular flexibility index (Phi) is 6.73. The normalized spacial score (nSPS) is 10.7. The number of benzene rings is 2. The molecule has 5 nitrogen and oxygen atoms in total. The molecule has 3 aromatic rings. The lowest BCUT2D eigenvalue weighted by Gasteiger charge is -2.11. The van der Waals surface area contributed by atoms with Crippen molar-refractivity contribution in [2.75, 3.05) is 0 Å². The number of aromatic carboxylic acids is 1. The summed E-state index contributed by atoms with van der Waals surface area (Å²) in [4.78, 5) is 16.0. The van der Waals surface area contributed by atoms with Gasteiger partial charge in [0.2, 0.25) is 0 Å². The lowest BCUT2D eigenvalue weighted by molar-refractivity contribution is 0.0685. The average Bonchev–Trinajstić information content (AvgIpc) is 3.02. The fraction of sp³-hybridized carbons (Fsp3) is 0.227. The largest absolute Gasteiger partial charge is 0.476 e. The Balaban J connectivity index is 1.94. The van der Waals surface area contributed by atoms with Gasteiger partial charge in [0.05, 0.1) is 11.6 Å². The minimum absolute atomic E-state index is 0.0144. The number of rotatable bonds is 7. The maximum atomic E-state index is 11.7. The van der Waals surface area contributed by atoms with Crippen LogP contribution >= 0.6 is 27.5 Å². The number of aromatic nitrogens is 2. The molecule has 0 aliphatic carbocycles. The number of halogens is 2. The zero-order chi connectivity index (χ0) is 21.0. The van der Waals surface area contributed by atoms with Crippen molar-refractivity contribution in [3.05, 3.63) is 74.7 Å². The van der Waals surface area contributed by atoms with Gasteiger partial charge < -0.3 is 9.67 Å². The van der Waals surface area contributed by atoms with Gasteiger partial charge in [-0.05, 0) is 35.7 Å². The highest BCUT2D eigenvalue weighted by molar-refractivity contribution is 9.10. The summed E-state index contributed by atoms with van der Waals surface area (Å²) < 4.78 is 2.57. The van der Waals surface area contributed by atoms with Gasteiger partial charge in [0.25, 0.3) is 0 Å². The van der Waals surface area contributed by atoms with Crippen LogP contribution in [0.4, 0.5) is 0 Å². The minimum Gasteiger partial charge on any atom is -0.476 e. The first-order chi connectivity index (χ1) is 13.9. The van der Waals surface area contributed by atoms with Crippen LogP contribution in [0.25, 0.3) is 11.1 Å². The van der Waals surface area contributed by atoms with E-state index in [9.17, 15) is 15.2 Å². The first-order valence-corrected chi connectivity index (χ1v) is 10.4. The molecule has 1 aromatic heterocycles. The first-order valence-electron chi connectivity index (χ1n) is 9.21. The van der Waals surface area contributed by atoms with Crippen molar-refractivity contribution >= 4 is 33.5 Å². The second kappa shape index (κ2) is 9.25. The summed E-state index contributed by atoms with van der Waals surface area (Å²) in [5, 5.41) is 18.9. The highest BCUT2D eigenvalue weighted by atomic mass is 79.9. The standard InChI is InChI=1S/C22H19BrClN3O2/c1-2-3-4-19-26-21(24)20(22(28)29)27(19)13-14-5-7-15(8-6-14)18-11-17(23)10-9-16(18)12-25/h5-11H,2-4,13H2,1H3,(H,28,29). The van der Waals surface area contributed by atoms with Gasteiger partial charge in [0, 0.05) is 23.0 Å². The number of imidazole rings is 1. The number of unbranched alkanes of at least 4 members (excludes halogenated alkanes) is 1. The van der Waals surface area contributed by atoms with Crippen LogP contribution in [0.15, 0.2) is 46.9 Å². The summed E-state index contributed by atoms with van der Waals surface area (Å²) in [6.45, 7) is 2.44. The number of aryl methyl sites for hydroxylation is 1. The molecule has 1 heterocycles. The average molecular weight is 473 g/mol. The monoisotopic (exact) mass is 471 g/mol. The first kappa shape index (κ1) is 21.1. The summed E-state index contributed by atoms with van der Waals surface area (Å²) in [6.07, 6.45) is 2.56. The number of nitrogens with zero attached hydrogens (tertiary/aromatic N) is 3. The molecule has 0 atom stereocenters. The molecular formula is C22H19BrClN3O2. The zero-order valence-electron chi connectivity index (χ0n) is 15.8. The highest BCUT2D eigenvalue weighted by Gasteiger charge is 2.21. The van der Waals surface area contributed by atoms with E-state index in [1.54, 1.807) is 10.6 Å². The second-order valence-corrected chi connectivity index (χ2v) is 7.93. The van der Waals surface area contributed by atoms with Crippen LogP contribution < -0.4 is 0 Å². The van der Waals surface area contributed by atoms with Crippen LogP contribution in [0.2, 0.25) is 5.15 Å².